The number of nitrogens with zero attached hydrogens (tertiary/aromatic N) is 2. The van der Waals surface area contributed by atoms with Crippen LogP contribution in [0.3, 0.4) is 0 Å². The van der Waals surface area contributed by atoms with E-state index in [1.54, 1.807) is 12.3 Å². The molecule has 0 atom stereocenters. The van der Waals surface area contributed by atoms with Crippen LogP contribution >= 0.6 is 31.9 Å². The van der Waals surface area contributed by atoms with Crippen LogP contribution in [0.15, 0.2) is 39.4 Å². The molecule has 1 N–H and O–H groups in total. The van der Waals surface area contributed by atoms with Gasteiger partial charge in [-0.15, -0.1) is 0 Å². The zero-order valence-corrected chi connectivity index (χ0v) is 14.5. The van der Waals surface area contributed by atoms with Crippen molar-refractivity contribution in [2.24, 2.45) is 0 Å². The molecular formula is C15H13Br2N3O. The van der Waals surface area contributed by atoms with Crippen molar-refractivity contribution in [1.29, 1.82) is 5.26 Å². The molecule has 4 nitrogen and oxygen atoms in total. The Morgan fingerprint density at radius 3 is 2.57 bits per heavy atom. The number of aromatic nitrogens is 1. The van der Waals surface area contributed by atoms with E-state index in [0.29, 0.717) is 12.3 Å². The normalized spacial score (nSPS) is 10.2. The fourth-order valence-electron chi connectivity index (χ4n) is 1.84. The van der Waals surface area contributed by atoms with Gasteiger partial charge in [-0.1, -0.05) is 0 Å². The molecule has 1 heterocycles. The molecule has 1 aromatic carbocycles. The standard InChI is InChI=1S/C15H13Br2N3O/c1-19-8-11-5-13(16)15(14(17)6-11)21-9-10-2-3-20-12(4-10)7-18/h2-6,19H,8-9H2,1H3. The van der Waals surface area contributed by atoms with Gasteiger partial charge in [0.1, 0.15) is 24.1 Å². The maximum Gasteiger partial charge on any atom is 0.148 e. The number of halogens is 2. The van der Waals surface area contributed by atoms with Crippen LogP contribution in [0.25, 0.3) is 0 Å². The maximum absolute atomic E-state index is 8.84. The highest BCUT2D eigenvalue weighted by Crippen LogP contribution is 2.35. The van der Waals surface area contributed by atoms with Gasteiger partial charge < -0.3 is 10.1 Å². The molecule has 0 unspecified atom stereocenters. The molecule has 0 radical (unpaired) electrons. The van der Waals surface area contributed by atoms with Crippen LogP contribution in [0.2, 0.25) is 0 Å². The van der Waals surface area contributed by atoms with Gasteiger partial charge in [0.05, 0.1) is 8.95 Å². The maximum atomic E-state index is 8.84. The van der Waals surface area contributed by atoms with Crippen molar-refractivity contribution < 1.29 is 4.74 Å². The molecular weight excluding hydrogens is 398 g/mol. The first-order valence-corrected chi connectivity index (χ1v) is 7.83. The zero-order valence-electron chi connectivity index (χ0n) is 11.4. The van der Waals surface area contributed by atoms with Crippen LogP contribution in [0, 0.1) is 11.3 Å². The van der Waals surface area contributed by atoms with Crippen LogP contribution in [-0.4, -0.2) is 12.0 Å². The molecule has 0 amide bonds. The highest BCUT2D eigenvalue weighted by molar-refractivity contribution is 9.11. The van der Waals surface area contributed by atoms with E-state index in [4.69, 9.17) is 10.00 Å². The van der Waals surface area contributed by atoms with Crippen LogP contribution in [0.1, 0.15) is 16.8 Å². The van der Waals surface area contributed by atoms with Crippen molar-refractivity contribution >= 4 is 31.9 Å². The second-order valence-corrected chi connectivity index (χ2v) is 6.08. The molecule has 0 fully saturated rings. The van der Waals surface area contributed by atoms with Gasteiger partial charge in [-0.25, -0.2) is 4.98 Å². The zero-order chi connectivity index (χ0) is 15.2. The number of hydrogen-bond donors (Lipinski definition) is 1. The van der Waals surface area contributed by atoms with Gasteiger partial charge in [-0.05, 0) is 74.3 Å². The Labute approximate surface area is 140 Å². The van der Waals surface area contributed by atoms with E-state index in [0.717, 1.165) is 32.4 Å². The molecule has 2 rings (SSSR count). The highest BCUT2D eigenvalue weighted by atomic mass is 79.9. The van der Waals surface area contributed by atoms with Crippen molar-refractivity contribution in [3.05, 3.63) is 56.2 Å². The van der Waals surface area contributed by atoms with E-state index in [1.165, 1.54) is 0 Å². The summed E-state index contributed by atoms with van der Waals surface area (Å²) in [5, 5.41) is 12.0. The molecule has 6 heteroatoms. The average molecular weight is 411 g/mol. The van der Waals surface area contributed by atoms with Crippen LogP contribution in [0.4, 0.5) is 0 Å². The smallest absolute Gasteiger partial charge is 0.148 e. The van der Waals surface area contributed by atoms with Crippen molar-refractivity contribution in [3.63, 3.8) is 0 Å². The summed E-state index contributed by atoms with van der Waals surface area (Å²) in [5.41, 5.74) is 2.44. The lowest BCUT2D eigenvalue weighted by molar-refractivity contribution is 0.302. The predicted octanol–water partition coefficient (Wildman–Crippen LogP) is 3.78. The van der Waals surface area contributed by atoms with Gasteiger partial charge in [-0.2, -0.15) is 5.26 Å². The third kappa shape index (κ3) is 4.27. The lowest BCUT2D eigenvalue weighted by atomic mass is 10.2. The Hall–Kier alpha value is -1.42. The fourth-order valence-corrected chi connectivity index (χ4v) is 3.35. The van der Waals surface area contributed by atoms with Crippen molar-refractivity contribution in [2.45, 2.75) is 13.2 Å². The van der Waals surface area contributed by atoms with Gasteiger partial charge >= 0.3 is 0 Å². The van der Waals surface area contributed by atoms with E-state index < -0.39 is 0 Å². The van der Waals surface area contributed by atoms with E-state index in [9.17, 15) is 0 Å². The first-order valence-electron chi connectivity index (χ1n) is 6.24. The van der Waals surface area contributed by atoms with Crippen LogP contribution in [-0.2, 0) is 13.2 Å². The molecule has 21 heavy (non-hydrogen) atoms. The van der Waals surface area contributed by atoms with Gasteiger partial charge in [0.25, 0.3) is 0 Å². The molecule has 0 bridgehead atoms. The van der Waals surface area contributed by atoms with Gasteiger partial charge in [0.15, 0.2) is 0 Å². The number of pyridine rings is 1. The van der Waals surface area contributed by atoms with Gasteiger partial charge in [0, 0.05) is 12.7 Å². The first-order chi connectivity index (χ1) is 10.1. The molecule has 2 aromatic rings. The van der Waals surface area contributed by atoms with E-state index in [-0.39, 0.29) is 0 Å². The lowest BCUT2D eigenvalue weighted by Crippen LogP contribution is -2.05. The Bertz CT molecular complexity index is 660. The van der Waals surface area contributed by atoms with Crippen molar-refractivity contribution in [1.82, 2.24) is 10.3 Å². The van der Waals surface area contributed by atoms with E-state index in [2.05, 4.69) is 42.2 Å². The monoisotopic (exact) mass is 409 g/mol. The minimum absolute atomic E-state index is 0.375. The Kier molecular flexibility index (Phi) is 5.74. The number of hydrogen-bond acceptors (Lipinski definition) is 4. The topological polar surface area (TPSA) is 57.9 Å². The lowest BCUT2D eigenvalue weighted by Gasteiger charge is -2.12. The summed E-state index contributed by atoms with van der Waals surface area (Å²) < 4.78 is 7.61. The summed E-state index contributed by atoms with van der Waals surface area (Å²) in [6.07, 6.45) is 1.61. The summed E-state index contributed by atoms with van der Waals surface area (Å²) in [7, 11) is 1.91. The summed E-state index contributed by atoms with van der Waals surface area (Å²) in [6.45, 7) is 1.16. The molecule has 0 aliphatic heterocycles. The number of ether oxygens (including phenoxy) is 1. The minimum Gasteiger partial charge on any atom is -0.487 e. The van der Waals surface area contributed by atoms with Gasteiger partial charge in [-0.3, -0.25) is 0 Å². The third-order valence-electron chi connectivity index (χ3n) is 2.76. The third-order valence-corrected chi connectivity index (χ3v) is 3.94. The van der Waals surface area contributed by atoms with Crippen LogP contribution < -0.4 is 10.1 Å². The number of rotatable bonds is 5. The Morgan fingerprint density at radius 1 is 1.24 bits per heavy atom. The van der Waals surface area contributed by atoms with E-state index in [1.807, 2.05) is 31.3 Å². The molecule has 0 saturated heterocycles. The summed E-state index contributed by atoms with van der Waals surface area (Å²) in [5.74, 6) is 0.741. The second kappa shape index (κ2) is 7.55. The predicted molar refractivity (Wildman–Crippen MR) is 87.9 cm³/mol. The molecule has 1 aromatic heterocycles. The number of benzene rings is 1. The van der Waals surface area contributed by atoms with Crippen LogP contribution in [0.5, 0.6) is 5.75 Å². The summed E-state index contributed by atoms with van der Waals surface area (Å²) in [6, 6.07) is 9.60. The highest BCUT2D eigenvalue weighted by Gasteiger charge is 2.09. The SMILES string of the molecule is CNCc1cc(Br)c(OCc2ccnc(C#N)c2)c(Br)c1. The summed E-state index contributed by atoms with van der Waals surface area (Å²) in [4.78, 5) is 3.94. The Morgan fingerprint density at radius 2 is 1.95 bits per heavy atom. The molecule has 0 spiro atoms. The fraction of sp³-hybridized carbons (Fsp3) is 0.200. The van der Waals surface area contributed by atoms with Crippen molar-refractivity contribution in [2.75, 3.05) is 7.05 Å². The average Bonchev–Trinajstić information content (AvgIpc) is 2.47. The quantitative estimate of drug-likeness (QED) is 0.814. The first kappa shape index (κ1) is 16.0. The Balaban J connectivity index is 2.14. The molecule has 0 aliphatic carbocycles. The summed E-state index contributed by atoms with van der Waals surface area (Å²) >= 11 is 7.04. The minimum atomic E-state index is 0.375. The molecule has 108 valence electrons. The van der Waals surface area contributed by atoms with Crippen molar-refractivity contribution in [3.8, 4) is 11.8 Å². The molecule has 0 saturated carbocycles. The largest absolute Gasteiger partial charge is 0.487 e. The van der Waals surface area contributed by atoms with E-state index >= 15 is 0 Å². The number of nitriles is 1. The molecule has 0 aliphatic rings. The number of nitrogens with one attached hydrogen (secondary N) is 1. The van der Waals surface area contributed by atoms with Gasteiger partial charge in [0.2, 0.25) is 0 Å². The second-order valence-electron chi connectivity index (χ2n) is 4.37.